The first kappa shape index (κ1) is 38.9. The van der Waals surface area contributed by atoms with Crippen molar-refractivity contribution in [2.45, 2.75) is 23.6 Å². The number of carbonyl (C=O) groups excluding carboxylic acids is 4. The van der Waals surface area contributed by atoms with Gasteiger partial charge < -0.3 is 31.5 Å². The lowest BCUT2D eigenvalue weighted by Gasteiger charge is -2.13. The number of aryl methyl sites for hydroxylation is 2. The molecule has 0 fully saturated rings. The zero-order valence-electron chi connectivity index (χ0n) is 29.1. The molecule has 286 valence electrons. The van der Waals surface area contributed by atoms with E-state index in [2.05, 4.69) is 21.3 Å². The van der Waals surface area contributed by atoms with Gasteiger partial charge in [0.05, 0.1) is 0 Å². The first-order valence-corrected chi connectivity index (χ1v) is 19.1. The number of nitrogens with one attached hydrogen (secondary N) is 4. The third kappa shape index (κ3) is 8.12. The zero-order valence-corrected chi connectivity index (χ0v) is 30.7. The number of phenolic OH excluding ortho intramolecular Hbond substituents is 2. The van der Waals surface area contributed by atoms with Gasteiger partial charge in [-0.05, 0) is 109 Å². The maximum absolute atomic E-state index is 13.2. The minimum absolute atomic E-state index is 0.115. The van der Waals surface area contributed by atoms with Crippen LogP contribution in [0.1, 0.15) is 31.8 Å². The molecule has 0 atom stereocenters. The number of carbonyl (C=O) groups is 4. The van der Waals surface area contributed by atoms with Crippen molar-refractivity contribution < 1.29 is 55.3 Å². The van der Waals surface area contributed by atoms with Gasteiger partial charge >= 0.3 is 11.8 Å². The van der Waals surface area contributed by atoms with Crippen LogP contribution in [0.2, 0.25) is 0 Å². The van der Waals surface area contributed by atoms with Gasteiger partial charge in [-0.25, -0.2) is 0 Å². The average molecular weight is 799 g/mol. The van der Waals surface area contributed by atoms with Crippen LogP contribution >= 0.6 is 0 Å². The predicted molar refractivity (Wildman–Crippen MR) is 206 cm³/mol. The highest BCUT2D eigenvalue weighted by Crippen LogP contribution is 2.35. The fourth-order valence-corrected chi connectivity index (χ4v) is 7.01. The number of amides is 4. The number of anilines is 4. The Kier molecular flexibility index (Phi) is 10.2. The minimum atomic E-state index is -4.67. The van der Waals surface area contributed by atoms with Gasteiger partial charge in [-0.2, -0.15) is 16.8 Å². The average Bonchev–Trinajstić information content (AvgIpc) is 3.12. The fourth-order valence-electron chi connectivity index (χ4n) is 5.82. The van der Waals surface area contributed by atoms with Crippen LogP contribution in [-0.2, 0) is 29.8 Å². The third-order valence-corrected chi connectivity index (χ3v) is 10.4. The second-order valence-electron chi connectivity index (χ2n) is 12.5. The van der Waals surface area contributed by atoms with Crippen LogP contribution in [0.15, 0.2) is 107 Å². The Bertz CT molecular complexity index is 2700. The minimum Gasteiger partial charge on any atom is -0.506 e. The lowest BCUT2D eigenvalue weighted by atomic mass is 10.1. The molecule has 0 heterocycles. The summed E-state index contributed by atoms with van der Waals surface area (Å²) in [7, 11) is -9.33. The van der Waals surface area contributed by atoms with Crippen molar-refractivity contribution >= 4 is 88.2 Å². The molecule has 0 bridgehead atoms. The van der Waals surface area contributed by atoms with E-state index in [1.54, 1.807) is 26.0 Å². The molecule has 6 aromatic rings. The van der Waals surface area contributed by atoms with E-state index >= 15 is 0 Å². The summed E-state index contributed by atoms with van der Waals surface area (Å²) in [6, 6.07) is 22.1. The normalized spacial score (nSPS) is 11.6. The van der Waals surface area contributed by atoms with Gasteiger partial charge in [-0.3, -0.25) is 28.3 Å². The van der Waals surface area contributed by atoms with E-state index in [1.165, 1.54) is 72.8 Å². The SMILES string of the molecule is Cc1ccc(NC(=O)C(=O)Nc2ccc(C)c(C(=O)Nc3ccc4c(O)c(S(=O)(=O)O)ccc4c3)c2)cc1C(=O)Nc1ccc2c(O)c(S(=O)(=O)O)ccc2c1. The van der Waals surface area contributed by atoms with E-state index in [1.807, 2.05) is 0 Å². The van der Waals surface area contributed by atoms with Crippen molar-refractivity contribution in [1.82, 2.24) is 0 Å². The Labute approximate surface area is 318 Å². The quantitative estimate of drug-likeness (QED) is 0.0691. The summed E-state index contributed by atoms with van der Waals surface area (Å²) in [6.07, 6.45) is 0. The molecule has 16 nitrogen and oxygen atoms in total. The maximum atomic E-state index is 13.2. The molecular weight excluding hydrogens is 769 g/mol. The Morgan fingerprint density at radius 2 is 0.804 bits per heavy atom. The molecule has 4 amide bonds. The highest BCUT2D eigenvalue weighted by Gasteiger charge is 2.21. The van der Waals surface area contributed by atoms with E-state index in [-0.39, 0.29) is 44.6 Å². The summed E-state index contributed by atoms with van der Waals surface area (Å²) in [5.74, 6) is -4.63. The molecule has 0 saturated heterocycles. The van der Waals surface area contributed by atoms with Gasteiger partial charge in [0.15, 0.2) is 0 Å². The monoisotopic (exact) mass is 798 g/mol. The summed E-state index contributed by atoms with van der Waals surface area (Å²) in [5, 5.41) is 31.9. The van der Waals surface area contributed by atoms with Crippen molar-refractivity contribution in [3.05, 3.63) is 119 Å². The van der Waals surface area contributed by atoms with Gasteiger partial charge in [0.1, 0.15) is 21.3 Å². The molecule has 0 spiro atoms. The van der Waals surface area contributed by atoms with E-state index in [0.29, 0.717) is 21.9 Å². The first-order chi connectivity index (χ1) is 26.3. The highest BCUT2D eigenvalue weighted by atomic mass is 32.2. The molecule has 8 N–H and O–H groups in total. The van der Waals surface area contributed by atoms with Crippen molar-refractivity contribution in [3.63, 3.8) is 0 Å². The van der Waals surface area contributed by atoms with Gasteiger partial charge in [0.25, 0.3) is 32.1 Å². The predicted octanol–water partition coefficient (Wildman–Crippen LogP) is 5.60. The molecule has 0 aromatic heterocycles. The molecule has 0 aliphatic heterocycles. The Hall–Kier alpha value is -6.86. The molecule has 18 heteroatoms. The fraction of sp³-hybridized carbons (Fsp3) is 0.0526. The lowest BCUT2D eigenvalue weighted by Crippen LogP contribution is -2.29. The van der Waals surface area contributed by atoms with Gasteiger partial charge in [-0.1, -0.05) is 24.3 Å². The number of aromatic hydroxyl groups is 2. The van der Waals surface area contributed by atoms with Gasteiger partial charge in [0, 0.05) is 44.6 Å². The number of rotatable bonds is 8. The van der Waals surface area contributed by atoms with Crippen LogP contribution in [0.3, 0.4) is 0 Å². The summed E-state index contributed by atoms with van der Waals surface area (Å²) in [6.45, 7) is 3.31. The van der Waals surface area contributed by atoms with Crippen molar-refractivity contribution in [2.75, 3.05) is 21.3 Å². The summed E-state index contributed by atoms with van der Waals surface area (Å²) in [4.78, 5) is 51.0. The molecule has 56 heavy (non-hydrogen) atoms. The van der Waals surface area contributed by atoms with Crippen molar-refractivity contribution in [3.8, 4) is 11.5 Å². The molecule has 0 radical (unpaired) electrons. The smallest absolute Gasteiger partial charge is 0.314 e. The second-order valence-corrected chi connectivity index (χ2v) is 15.3. The summed E-state index contributed by atoms with van der Waals surface area (Å²) in [5.41, 5.74) is 2.15. The van der Waals surface area contributed by atoms with Crippen LogP contribution in [-0.4, -0.2) is 59.8 Å². The van der Waals surface area contributed by atoms with Gasteiger partial charge in [-0.15, -0.1) is 0 Å². The van der Waals surface area contributed by atoms with Crippen molar-refractivity contribution in [2.24, 2.45) is 0 Å². The molecule has 0 saturated carbocycles. The number of fused-ring (bicyclic) bond motifs is 2. The number of phenols is 2. The van der Waals surface area contributed by atoms with Crippen LogP contribution in [0, 0.1) is 13.8 Å². The molecule has 6 aromatic carbocycles. The van der Waals surface area contributed by atoms with E-state index < -0.39 is 65.2 Å². The van der Waals surface area contributed by atoms with E-state index in [9.17, 15) is 55.3 Å². The summed E-state index contributed by atoms with van der Waals surface area (Å²) < 4.78 is 64.8. The molecule has 0 aliphatic carbocycles. The Morgan fingerprint density at radius 3 is 1.16 bits per heavy atom. The Balaban J connectivity index is 1.12. The summed E-state index contributed by atoms with van der Waals surface area (Å²) >= 11 is 0. The highest BCUT2D eigenvalue weighted by molar-refractivity contribution is 7.86. The number of hydrogen-bond acceptors (Lipinski definition) is 10. The number of hydrogen-bond donors (Lipinski definition) is 8. The first-order valence-electron chi connectivity index (χ1n) is 16.2. The van der Waals surface area contributed by atoms with Crippen LogP contribution < -0.4 is 21.3 Å². The van der Waals surface area contributed by atoms with Crippen LogP contribution in [0.5, 0.6) is 11.5 Å². The maximum Gasteiger partial charge on any atom is 0.314 e. The molecule has 0 aliphatic rings. The van der Waals surface area contributed by atoms with Crippen LogP contribution in [0.25, 0.3) is 21.5 Å². The van der Waals surface area contributed by atoms with Gasteiger partial charge in [0.2, 0.25) is 0 Å². The second kappa shape index (κ2) is 14.8. The molecular formula is C38H30N4O12S2. The van der Waals surface area contributed by atoms with Crippen LogP contribution in [0.4, 0.5) is 22.7 Å². The molecule has 0 unspecified atom stereocenters. The van der Waals surface area contributed by atoms with Crippen molar-refractivity contribution in [1.29, 1.82) is 0 Å². The lowest BCUT2D eigenvalue weighted by molar-refractivity contribution is -0.132. The standard InChI is InChI=1S/C38H30N4O12S2/c1-19-3-7-25(17-29(19)35(45)39-23-9-11-27-21(15-23)5-13-31(33(27)43)55(49,50)51)41-37(47)38(48)42-26-8-4-20(2)30(18-26)36(46)40-24-10-12-28-22(16-24)6-14-32(34(28)44)56(52,53)54/h3-18,43-44H,1-2H3,(H,39,45)(H,40,46)(H,41,47)(H,42,48)(H,49,50,51)(H,52,53,54). The van der Waals surface area contributed by atoms with E-state index in [4.69, 9.17) is 0 Å². The third-order valence-electron chi connectivity index (χ3n) is 8.67. The zero-order chi connectivity index (χ0) is 40.7. The van der Waals surface area contributed by atoms with E-state index in [0.717, 1.165) is 12.1 Å². The topological polar surface area (TPSA) is 266 Å². The molecule has 6 rings (SSSR count). The Morgan fingerprint density at radius 1 is 0.464 bits per heavy atom. The largest absolute Gasteiger partial charge is 0.506 e. The number of benzene rings is 6.